The molecular formula is C25H31Cl3N2O4. The zero-order valence-electron chi connectivity index (χ0n) is 19.7. The van der Waals surface area contributed by atoms with E-state index in [0.717, 1.165) is 37.7 Å². The Bertz CT molecular complexity index is 958. The summed E-state index contributed by atoms with van der Waals surface area (Å²) in [6, 6.07) is 9.75. The van der Waals surface area contributed by atoms with Gasteiger partial charge in [-0.3, -0.25) is 0 Å². The first-order chi connectivity index (χ1) is 16.0. The van der Waals surface area contributed by atoms with Crippen LogP contribution in [-0.4, -0.2) is 34.2 Å². The minimum Gasteiger partial charge on any atom is -0.478 e. The lowest BCUT2D eigenvalue weighted by Gasteiger charge is -2.25. The van der Waals surface area contributed by atoms with Crippen molar-refractivity contribution < 1.29 is 19.4 Å². The number of benzene rings is 2. The molecule has 186 valence electrons. The van der Waals surface area contributed by atoms with Crippen LogP contribution in [0.5, 0.6) is 5.75 Å². The van der Waals surface area contributed by atoms with Gasteiger partial charge in [-0.2, -0.15) is 0 Å². The molecule has 0 aliphatic rings. The molecule has 0 aliphatic carbocycles. The number of urea groups is 1. The predicted octanol–water partition coefficient (Wildman–Crippen LogP) is 7.89. The molecule has 0 bridgehead atoms. The highest BCUT2D eigenvalue weighted by atomic mass is 35.5. The summed E-state index contributed by atoms with van der Waals surface area (Å²) in [5.74, 6) is -0.617. The van der Waals surface area contributed by atoms with Crippen molar-refractivity contribution in [3.8, 4) is 5.75 Å². The van der Waals surface area contributed by atoms with Crippen molar-refractivity contribution in [3.63, 3.8) is 0 Å². The van der Waals surface area contributed by atoms with Gasteiger partial charge in [0.1, 0.15) is 5.75 Å². The molecule has 2 N–H and O–H groups in total. The van der Waals surface area contributed by atoms with E-state index in [4.69, 9.17) is 39.5 Å². The molecule has 0 spiro atoms. The minimum atomic E-state index is -1.34. The first-order valence-corrected chi connectivity index (χ1v) is 12.4. The number of aliphatic carboxylic acids is 1. The van der Waals surface area contributed by atoms with E-state index in [-0.39, 0.29) is 16.1 Å². The molecule has 0 aliphatic heterocycles. The third kappa shape index (κ3) is 8.57. The number of carboxylic acids is 1. The van der Waals surface area contributed by atoms with E-state index in [1.54, 1.807) is 17.0 Å². The summed E-state index contributed by atoms with van der Waals surface area (Å²) in [5, 5.41) is 13.0. The number of hydrogen-bond donors (Lipinski definition) is 2. The molecule has 0 radical (unpaired) electrons. The molecule has 2 aromatic carbocycles. The summed E-state index contributed by atoms with van der Waals surface area (Å²) in [7, 11) is 0. The molecular weight excluding hydrogens is 499 g/mol. The van der Waals surface area contributed by atoms with E-state index < -0.39 is 11.6 Å². The number of hydrogen-bond acceptors (Lipinski definition) is 3. The van der Waals surface area contributed by atoms with Crippen LogP contribution < -0.4 is 10.1 Å². The molecule has 0 atom stereocenters. The Labute approximate surface area is 216 Å². The lowest BCUT2D eigenvalue weighted by atomic mass is 10.1. The van der Waals surface area contributed by atoms with Gasteiger partial charge < -0.3 is 20.1 Å². The summed E-state index contributed by atoms with van der Waals surface area (Å²) in [4.78, 5) is 26.1. The highest BCUT2D eigenvalue weighted by Gasteiger charge is 2.29. The fourth-order valence-corrected chi connectivity index (χ4v) is 4.14. The van der Waals surface area contributed by atoms with Gasteiger partial charge in [-0.25, -0.2) is 9.59 Å². The van der Waals surface area contributed by atoms with Crippen LogP contribution in [-0.2, 0) is 11.3 Å². The van der Waals surface area contributed by atoms with Crippen molar-refractivity contribution in [1.29, 1.82) is 0 Å². The van der Waals surface area contributed by atoms with Gasteiger partial charge >= 0.3 is 12.0 Å². The van der Waals surface area contributed by atoms with Gasteiger partial charge in [0.2, 0.25) is 0 Å². The van der Waals surface area contributed by atoms with Crippen molar-refractivity contribution in [1.82, 2.24) is 4.90 Å². The second kappa shape index (κ2) is 13.1. The Kier molecular flexibility index (Phi) is 10.8. The van der Waals surface area contributed by atoms with Crippen molar-refractivity contribution in [3.05, 3.63) is 57.0 Å². The summed E-state index contributed by atoms with van der Waals surface area (Å²) in [6.45, 7) is 6.04. The summed E-state index contributed by atoms with van der Waals surface area (Å²) >= 11 is 18.5. The van der Waals surface area contributed by atoms with Gasteiger partial charge in [-0.15, -0.1) is 0 Å². The molecule has 6 nitrogen and oxygen atoms in total. The average Bonchev–Trinajstić information content (AvgIpc) is 2.76. The van der Waals surface area contributed by atoms with Crippen molar-refractivity contribution in [2.45, 2.75) is 65.0 Å². The molecule has 0 saturated carbocycles. The number of nitrogens with one attached hydrogen (secondary N) is 1. The molecule has 0 unspecified atom stereocenters. The first kappa shape index (κ1) is 28.1. The SMILES string of the molecule is CCCCCCCN(Cc1ccc(OC(C)(C)C(=O)O)cc1)C(=O)Nc1c(Cl)cc(Cl)cc1Cl. The Balaban J connectivity index is 2.13. The normalized spacial score (nSPS) is 11.2. The fourth-order valence-electron chi connectivity index (χ4n) is 3.23. The van der Waals surface area contributed by atoms with Gasteiger partial charge in [-0.05, 0) is 50.1 Å². The molecule has 0 fully saturated rings. The highest BCUT2D eigenvalue weighted by Crippen LogP contribution is 2.34. The van der Waals surface area contributed by atoms with Crippen molar-refractivity contribution in [2.75, 3.05) is 11.9 Å². The van der Waals surface area contributed by atoms with Gasteiger partial charge in [0, 0.05) is 18.1 Å². The van der Waals surface area contributed by atoms with Gasteiger partial charge in [0.15, 0.2) is 5.60 Å². The quantitative estimate of drug-likeness (QED) is 0.274. The van der Waals surface area contributed by atoms with Crippen LogP contribution >= 0.6 is 34.8 Å². The molecule has 0 heterocycles. The summed E-state index contributed by atoms with van der Waals surface area (Å²) in [5.41, 5.74) is -0.158. The number of anilines is 1. The average molecular weight is 530 g/mol. The highest BCUT2D eigenvalue weighted by molar-refractivity contribution is 6.42. The van der Waals surface area contributed by atoms with Gasteiger partial charge in [-0.1, -0.05) is 79.5 Å². The summed E-state index contributed by atoms with van der Waals surface area (Å²) in [6.07, 6.45) is 5.31. The summed E-state index contributed by atoms with van der Waals surface area (Å²) < 4.78 is 5.56. The Morgan fingerprint density at radius 3 is 2.15 bits per heavy atom. The maximum absolute atomic E-state index is 13.1. The van der Waals surface area contributed by atoms with Crippen LogP contribution in [0, 0.1) is 0 Å². The molecule has 0 saturated heterocycles. The number of carbonyl (C=O) groups is 2. The number of carbonyl (C=O) groups excluding carboxylic acids is 1. The van der Waals surface area contributed by atoms with Crippen LogP contribution in [0.2, 0.25) is 15.1 Å². The topological polar surface area (TPSA) is 78.9 Å². The van der Waals surface area contributed by atoms with E-state index in [1.807, 2.05) is 12.1 Å². The number of unbranched alkanes of at least 4 members (excludes halogenated alkanes) is 4. The third-order valence-corrected chi connectivity index (χ3v) is 6.06. The van der Waals surface area contributed by atoms with Crippen LogP contribution in [0.25, 0.3) is 0 Å². The molecule has 9 heteroatoms. The lowest BCUT2D eigenvalue weighted by Crippen LogP contribution is -2.37. The van der Waals surface area contributed by atoms with Crippen LogP contribution in [0.15, 0.2) is 36.4 Å². The Morgan fingerprint density at radius 1 is 1.00 bits per heavy atom. The molecule has 2 aromatic rings. The third-order valence-electron chi connectivity index (χ3n) is 5.24. The van der Waals surface area contributed by atoms with Crippen LogP contribution in [0.1, 0.15) is 58.4 Å². The monoisotopic (exact) mass is 528 g/mol. The standard InChI is InChI=1S/C25H31Cl3N2O4/c1-4-5-6-7-8-13-30(24(33)29-22-20(27)14-18(26)15-21(22)28)16-17-9-11-19(12-10-17)34-25(2,3)23(31)32/h9-12,14-15H,4-8,13,16H2,1-3H3,(H,29,33)(H,31,32). The fraction of sp³-hybridized carbons (Fsp3) is 0.440. The van der Waals surface area contributed by atoms with Gasteiger partial charge in [0.25, 0.3) is 0 Å². The number of halogens is 3. The minimum absolute atomic E-state index is 0.260. The Hall–Kier alpha value is -2.15. The van der Waals surface area contributed by atoms with E-state index in [1.165, 1.54) is 26.0 Å². The van der Waals surface area contributed by atoms with Crippen LogP contribution in [0.4, 0.5) is 10.5 Å². The van der Waals surface area contributed by atoms with Gasteiger partial charge in [0.05, 0.1) is 15.7 Å². The smallest absolute Gasteiger partial charge is 0.347 e. The second-order valence-corrected chi connectivity index (χ2v) is 9.82. The first-order valence-electron chi connectivity index (χ1n) is 11.2. The number of amides is 2. The largest absolute Gasteiger partial charge is 0.478 e. The number of ether oxygens (including phenoxy) is 1. The van der Waals surface area contributed by atoms with E-state index in [9.17, 15) is 14.7 Å². The predicted molar refractivity (Wildman–Crippen MR) is 138 cm³/mol. The van der Waals surface area contributed by atoms with Crippen molar-refractivity contribution in [2.24, 2.45) is 0 Å². The van der Waals surface area contributed by atoms with Crippen LogP contribution in [0.3, 0.4) is 0 Å². The second-order valence-electron chi connectivity index (χ2n) is 8.57. The van der Waals surface area contributed by atoms with Crippen molar-refractivity contribution >= 4 is 52.5 Å². The zero-order chi connectivity index (χ0) is 25.3. The zero-order valence-corrected chi connectivity index (χ0v) is 21.9. The molecule has 2 amide bonds. The molecule has 34 heavy (non-hydrogen) atoms. The number of carboxylic acid groups (broad SMARTS) is 1. The number of rotatable bonds is 12. The maximum Gasteiger partial charge on any atom is 0.347 e. The Morgan fingerprint density at radius 2 is 1.59 bits per heavy atom. The molecule has 0 aromatic heterocycles. The lowest BCUT2D eigenvalue weighted by molar-refractivity contribution is -0.152. The maximum atomic E-state index is 13.1. The molecule has 2 rings (SSSR count). The van der Waals surface area contributed by atoms with E-state index in [0.29, 0.717) is 29.5 Å². The van der Waals surface area contributed by atoms with E-state index >= 15 is 0 Å². The van der Waals surface area contributed by atoms with E-state index in [2.05, 4.69) is 12.2 Å². The number of nitrogens with zero attached hydrogens (tertiary/aromatic N) is 1.